The lowest BCUT2D eigenvalue weighted by Crippen LogP contribution is -2.25. The molecular formula is C54H75N5. The summed E-state index contributed by atoms with van der Waals surface area (Å²) in [6.07, 6.45) is 14.5. The van der Waals surface area contributed by atoms with Gasteiger partial charge in [-0.1, -0.05) is 98.3 Å². The van der Waals surface area contributed by atoms with E-state index in [4.69, 9.17) is 0 Å². The Hall–Kier alpha value is -4.90. The van der Waals surface area contributed by atoms with Crippen molar-refractivity contribution in [3.8, 4) is 0 Å². The van der Waals surface area contributed by atoms with Gasteiger partial charge in [-0.25, -0.2) is 0 Å². The number of hydrogen-bond donors (Lipinski definition) is 0. The highest BCUT2D eigenvalue weighted by molar-refractivity contribution is 5.82. The third kappa shape index (κ3) is 13.0. The van der Waals surface area contributed by atoms with Crippen molar-refractivity contribution in [2.75, 3.05) is 63.8 Å². The van der Waals surface area contributed by atoms with E-state index in [9.17, 15) is 0 Å². The zero-order valence-electron chi connectivity index (χ0n) is 37.6. The van der Waals surface area contributed by atoms with Crippen molar-refractivity contribution in [1.82, 2.24) is 0 Å². The minimum absolute atomic E-state index is 1.10. The Labute approximate surface area is 359 Å². The number of benzene rings is 5. The van der Waals surface area contributed by atoms with Crippen molar-refractivity contribution >= 4 is 51.2 Å². The Kier molecular flexibility index (Phi) is 19.1. The molecule has 0 spiro atoms. The Morgan fingerprint density at radius 2 is 0.424 bits per heavy atom. The molecule has 0 bridgehead atoms. The molecule has 5 aromatic rings. The molecule has 0 aliphatic rings. The molecule has 0 N–H and O–H groups in total. The van der Waals surface area contributed by atoms with Crippen LogP contribution in [-0.4, -0.2) is 39.3 Å². The van der Waals surface area contributed by atoms with E-state index in [1.807, 2.05) is 0 Å². The molecule has 0 unspecified atom stereocenters. The number of para-hydroxylation sites is 1. The van der Waals surface area contributed by atoms with Gasteiger partial charge in [0.1, 0.15) is 0 Å². The van der Waals surface area contributed by atoms with Crippen LogP contribution in [0.3, 0.4) is 0 Å². The molecule has 316 valence electrons. The number of anilines is 9. The maximum atomic E-state index is 2.57. The molecule has 0 aliphatic heterocycles. The van der Waals surface area contributed by atoms with Crippen molar-refractivity contribution in [3.05, 3.63) is 127 Å². The van der Waals surface area contributed by atoms with Crippen LogP contribution in [0.15, 0.2) is 127 Å². The van der Waals surface area contributed by atoms with Crippen LogP contribution in [-0.2, 0) is 0 Å². The summed E-state index contributed by atoms with van der Waals surface area (Å²) in [4.78, 5) is 12.5. The Balaban J connectivity index is 1.52. The quantitative estimate of drug-likeness (QED) is 0.0525. The molecule has 59 heavy (non-hydrogen) atoms. The summed E-state index contributed by atoms with van der Waals surface area (Å²) in [5.74, 6) is 0. The fourth-order valence-corrected chi connectivity index (χ4v) is 7.86. The van der Waals surface area contributed by atoms with Gasteiger partial charge in [0, 0.05) is 90.5 Å². The highest BCUT2D eigenvalue weighted by atomic mass is 15.2. The molecule has 0 heterocycles. The lowest BCUT2D eigenvalue weighted by atomic mass is 10.1. The molecule has 0 amide bonds. The van der Waals surface area contributed by atoms with Crippen molar-refractivity contribution in [2.45, 2.75) is 119 Å². The minimum Gasteiger partial charge on any atom is -0.372 e. The second-order valence-corrected chi connectivity index (χ2v) is 16.2. The Bertz CT molecular complexity index is 1750. The number of nitrogens with zero attached hydrogens (tertiary/aromatic N) is 5. The van der Waals surface area contributed by atoms with Crippen LogP contribution >= 0.6 is 0 Å². The van der Waals surface area contributed by atoms with E-state index in [-0.39, 0.29) is 0 Å². The molecule has 5 aromatic carbocycles. The molecule has 0 atom stereocenters. The van der Waals surface area contributed by atoms with E-state index in [1.165, 1.54) is 105 Å². The Morgan fingerprint density at radius 1 is 0.237 bits per heavy atom. The van der Waals surface area contributed by atoms with Gasteiger partial charge in [0.2, 0.25) is 0 Å². The van der Waals surface area contributed by atoms with E-state index >= 15 is 0 Å². The van der Waals surface area contributed by atoms with Crippen molar-refractivity contribution < 1.29 is 0 Å². The molecule has 0 saturated heterocycles. The van der Waals surface area contributed by atoms with Crippen LogP contribution in [0, 0.1) is 0 Å². The van der Waals surface area contributed by atoms with Gasteiger partial charge in [-0.05, 0) is 148 Å². The molecular weight excluding hydrogens is 719 g/mol. The maximum absolute atomic E-state index is 2.57. The normalized spacial score (nSPS) is 11.1. The molecule has 0 radical (unpaired) electrons. The monoisotopic (exact) mass is 794 g/mol. The topological polar surface area (TPSA) is 16.2 Å². The van der Waals surface area contributed by atoms with Crippen LogP contribution in [0.2, 0.25) is 0 Å². The average molecular weight is 794 g/mol. The van der Waals surface area contributed by atoms with Crippen molar-refractivity contribution in [3.63, 3.8) is 0 Å². The molecule has 0 aromatic heterocycles. The van der Waals surface area contributed by atoms with Gasteiger partial charge in [-0.2, -0.15) is 0 Å². The summed E-state index contributed by atoms with van der Waals surface area (Å²) in [6.45, 7) is 20.3. The number of rotatable bonds is 27. The van der Waals surface area contributed by atoms with Crippen LogP contribution in [0.4, 0.5) is 51.2 Å². The predicted molar refractivity (Wildman–Crippen MR) is 262 cm³/mol. The SMILES string of the molecule is CCCCN(CCCC)c1ccc(N(c2ccccc2)c2ccc(N(c3ccc(N(CCCC)CCCC)cc3)c3ccc(N(CCCC)CCCC)cc3)cc2)cc1. The third-order valence-electron chi connectivity index (χ3n) is 11.5. The van der Waals surface area contributed by atoms with Gasteiger partial charge in [0.15, 0.2) is 0 Å². The van der Waals surface area contributed by atoms with Gasteiger partial charge in [-0.15, -0.1) is 0 Å². The summed E-state index contributed by atoms with van der Waals surface area (Å²) in [7, 11) is 0. The largest absolute Gasteiger partial charge is 0.372 e. The first-order valence-electron chi connectivity index (χ1n) is 23.3. The molecule has 5 nitrogen and oxygen atoms in total. The van der Waals surface area contributed by atoms with Crippen molar-refractivity contribution in [2.24, 2.45) is 0 Å². The summed E-state index contributed by atoms with van der Waals surface area (Å²) in [6, 6.07) is 47.8. The van der Waals surface area contributed by atoms with Gasteiger partial charge in [0.25, 0.3) is 0 Å². The molecule has 5 heteroatoms. The zero-order valence-corrected chi connectivity index (χ0v) is 37.6. The first-order valence-corrected chi connectivity index (χ1v) is 23.3. The van der Waals surface area contributed by atoms with Gasteiger partial charge < -0.3 is 24.5 Å². The second kappa shape index (κ2) is 24.9. The Morgan fingerprint density at radius 3 is 0.627 bits per heavy atom. The van der Waals surface area contributed by atoms with Crippen LogP contribution in [0.5, 0.6) is 0 Å². The maximum Gasteiger partial charge on any atom is 0.0463 e. The van der Waals surface area contributed by atoms with Crippen LogP contribution < -0.4 is 24.5 Å². The van der Waals surface area contributed by atoms with Gasteiger partial charge >= 0.3 is 0 Å². The minimum atomic E-state index is 1.10. The van der Waals surface area contributed by atoms with Crippen molar-refractivity contribution in [1.29, 1.82) is 0 Å². The average Bonchev–Trinajstić information content (AvgIpc) is 3.28. The molecule has 0 aliphatic carbocycles. The highest BCUT2D eigenvalue weighted by Crippen LogP contribution is 2.40. The van der Waals surface area contributed by atoms with E-state index in [0.29, 0.717) is 0 Å². The molecule has 5 rings (SSSR count). The fraction of sp³-hybridized carbons (Fsp3) is 0.444. The first-order chi connectivity index (χ1) is 29.0. The summed E-state index contributed by atoms with van der Waals surface area (Å²) in [5, 5.41) is 0. The fourth-order valence-electron chi connectivity index (χ4n) is 7.86. The van der Waals surface area contributed by atoms with E-state index < -0.39 is 0 Å². The van der Waals surface area contributed by atoms with Crippen LogP contribution in [0.25, 0.3) is 0 Å². The molecule has 0 fully saturated rings. The number of unbranched alkanes of at least 4 members (excludes halogenated alkanes) is 6. The summed E-state index contributed by atoms with van der Waals surface area (Å²) < 4.78 is 0. The zero-order chi connectivity index (χ0) is 41.7. The predicted octanol–water partition coefficient (Wildman–Crippen LogP) is 15.8. The first kappa shape index (κ1) is 45.2. The van der Waals surface area contributed by atoms with E-state index in [2.05, 4.69) is 193 Å². The van der Waals surface area contributed by atoms with Gasteiger partial charge in [-0.3, -0.25) is 0 Å². The van der Waals surface area contributed by atoms with E-state index in [0.717, 1.165) is 62.0 Å². The second-order valence-electron chi connectivity index (χ2n) is 16.2. The van der Waals surface area contributed by atoms with Crippen LogP contribution in [0.1, 0.15) is 119 Å². The standard InChI is InChI=1S/C54H75N5/c1-7-13-40-55(41-14-8-2)46-24-30-50(31-25-46)58(49-22-20-19-21-23-49)53-36-38-54(39-37-53)59(51-32-26-47(27-33-51)56(42-15-9-3)43-16-10-4)52-34-28-48(29-35-52)57(44-17-11-5)45-18-12-6/h19-39H,7-18,40-45H2,1-6H3. The lowest BCUT2D eigenvalue weighted by molar-refractivity contribution is 0.678. The summed E-state index contributed by atoms with van der Waals surface area (Å²) >= 11 is 0. The smallest absolute Gasteiger partial charge is 0.0463 e. The molecule has 0 saturated carbocycles. The lowest BCUT2D eigenvalue weighted by Gasteiger charge is -2.30. The van der Waals surface area contributed by atoms with E-state index in [1.54, 1.807) is 0 Å². The highest BCUT2D eigenvalue weighted by Gasteiger charge is 2.18. The number of hydrogen-bond acceptors (Lipinski definition) is 5. The van der Waals surface area contributed by atoms with Gasteiger partial charge in [0.05, 0.1) is 0 Å². The summed E-state index contributed by atoms with van der Waals surface area (Å²) in [5.41, 5.74) is 10.9. The third-order valence-corrected chi connectivity index (χ3v) is 11.5.